The van der Waals surface area contributed by atoms with Gasteiger partial charge in [-0.15, -0.1) is 0 Å². The molecule has 3 aromatic carbocycles. The first-order chi connectivity index (χ1) is 15.0. The van der Waals surface area contributed by atoms with Crippen LogP contribution in [0.15, 0.2) is 78.9 Å². The third-order valence-corrected chi connectivity index (χ3v) is 5.20. The van der Waals surface area contributed by atoms with E-state index in [0.29, 0.717) is 17.1 Å². The van der Waals surface area contributed by atoms with Gasteiger partial charge in [0.05, 0.1) is 12.6 Å². The fourth-order valence-electron chi connectivity index (χ4n) is 3.39. The molecule has 0 radical (unpaired) electrons. The van der Waals surface area contributed by atoms with Crippen molar-refractivity contribution in [3.05, 3.63) is 106 Å². The number of halogens is 1. The van der Waals surface area contributed by atoms with Crippen molar-refractivity contribution in [1.29, 1.82) is 0 Å². The minimum atomic E-state index is -0.258. The number of likely N-dealkylation sites (N-methyl/N-ethyl adjacent to an activating group) is 1. The van der Waals surface area contributed by atoms with Gasteiger partial charge in [0.25, 0.3) is 5.91 Å². The molecular formula is C25H26ClN3O2. The number of carbonyl (C=O) groups excluding carboxylic acids is 2. The Balaban J connectivity index is 1.65. The molecule has 0 bridgehead atoms. The number of hydrogen-bond acceptors (Lipinski definition) is 3. The summed E-state index contributed by atoms with van der Waals surface area (Å²) in [5.41, 5.74) is 3.61. The fraction of sp³-hybridized carbons (Fsp3) is 0.200. The van der Waals surface area contributed by atoms with E-state index in [0.717, 1.165) is 16.7 Å². The van der Waals surface area contributed by atoms with Crippen LogP contribution in [0.1, 0.15) is 33.1 Å². The number of amides is 2. The van der Waals surface area contributed by atoms with E-state index in [1.54, 1.807) is 19.2 Å². The number of hydrogen-bond donors (Lipinski definition) is 2. The lowest BCUT2D eigenvalue weighted by Gasteiger charge is -2.22. The van der Waals surface area contributed by atoms with E-state index in [1.807, 2.05) is 78.7 Å². The van der Waals surface area contributed by atoms with Gasteiger partial charge in [-0.2, -0.15) is 0 Å². The normalized spacial score (nSPS) is 11.7. The van der Waals surface area contributed by atoms with Crippen LogP contribution in [0.5, 0.6) is 0 Å². The molecule has 0 heterocycles. The Hall–Kier alpha value is -3.15. The SMILES string of the molecule is CNC(=O)c1ccc(CN(C)CC(=O)NC(c2ccccc2)c2ccc(Cl)cc2)cc1. The molecule has 160 valence electrons. The average molecular weight is 436 g/mol. The van der Waals surface area contributed by atoms with Crippen LogP contribution in [0.25, 0.3) is 0 Å². The molecule has 2 N–H and O–H groups in total. The zero-order valence-electron chi connectivity index (χ0n) is 17.6. The van der Waals surface area contributed by atoms with E-state index in [2.05, 4.69) is 10.6 Å². The van der Waals surface area contributed by atoms with Gasteiger partial charge in [0, 0.05) is 24.2 Å². The quantitative estimate of drug-likeness (QED) is 0.561. The van der Waals surface area contributed by atoms with Crippen molar-refractivity contribution in [2.45, 2.75) is 12.6 Å². The molecule has 0 aliphatic rings. The first-order valence-electron chi connectivity index (χ1n) is 10.1. The van der Waals surface area contributed by atoms with Gasteiger partial charge >= 0.3 is 0 Å². The Morgan fingerprint density at radius 1 is 0.903 bits per heavy atom. The van der Waals surface area contributed by atoms with Gasteiger partial charge in [0.1, 0.15) is 0 Å². The van der Waals surface area contributed by atoms with E-state index in [1.165, 1.54) is 0 Å². The van der Waals surface area contributed by atoms with Gasteiger partial charge in [0.15, 0.2) is 0 Å². The molecule has 1 atom stereocenters. The summed E-state index contributed by atoms with van der Waals surface area (Å²) in [4.78, 5) is 26.4. The molecule has 2 amide bonds. The van der Waals surface area contributed by atoms with Crippen LogP contribution in [0, 0.1) is 0 Å². The third kappa shape index (κ3) is 6.41. The number of benzene rings is 3. The largest absolute Gasteiger partial charge is 0.355 e. The van der Waals surface area contributed by atoms with Crippen LogP contribution in [0.4, 0.5) is 0 Å². The maximum absolute atomic E-state index is 12.8. The summed E-state index contributed by atoms with van der Waals surface area (Å²) >= 11 is 6.03. The van der Waals surface area contributed by atoms with Crippen molar-refractivity contribution in [3.63, 3.8) is 0 Å². The molecule has 3 aromatic rings. The van der Waals surface area contributed by atoms with Gasteiger partial charge < -0.3 is 10.6 Å². The molecule has 0 fully saturated rings. The zero-order chi connectivity index (χ0) is 22.2. The highest BCUT2D eigenvalue weighted by Gasteiger charge is 2.18. The summed E-state index contributed by atoms with van der Waals surface area (Å²) < 4.78 is 0. The molecule has 1 unspecified atom stereocenters. The van der Waals surface area contributed by atoms with Crippen LogP contribution in [0.3, 0.4) is 0 Å². The Kier molecular flexibility index (Phi) is 7.82. The van der Waals surface area contributed by atoms with Crippen LogP contribution in [-0.4, -0.2) is 37.4 Å². The van der Waals surface area contributed by atoms with Crippen molar-refractivity contribution in [1.82, 2.24) is 15.5 Å². The predicted octanol–water partition coefficient (Wildman–Crippen LogP) is 4.04. The van der Waals surface area contributed by atoms with Gasteiger partial charge in [-0.25, -0.2) is 0 Å². The minimum Gasteiger partial charge on any atom is -0.355 e. The second-order valence-corrected chi connectivity index (χ2v) is 7.85. The standard InChI is InChI=1S/C25H26ClN3O2/c1-27-25(31)21-10-8-18(9-11-21)16-29(2)17-23(30)28-24(19-6-4-3-5-7-19)20-12-14-22(26)15-13-20/h3-15,24H,16-17H2,1-2H3,(H,27,31)(H,28,30). The van der Waals surface area contributed by atoms with Crippen molar-refractivity contribution < 1.29 is 9.59 Å². The van der Waals surface area contributed by atoms with E-state index in [4.69, 9.17) is 11.6 Å². The number of nitrogens with one attached hydrogen (secondary N) is 2. The van der Waals surface area contributed by atoms with Crippen LogP contribution in [-0.2, 0) is 11.3 Å². The highest BCUT2D eigenvalue weighted by molar-refractivity contribution is 6.30. The van der Waals surface area contributed by atoms with Crippen LogP contribution < -0.4 is 10.6 Å². The van der Waals surface area contributed by atoms with Crippen LogP contribution in [0.2, 0.25) is 5.02 Å². The highest BCUT2D eigenvalue weighted by atomic mass is 35.5. The second kappa shape index (κ2) is 10.8. The molecule has 0 spiro atoms. The summed E-state index contributed by atoms with van der Waals surface area (Å²) in [6, 6.07) is 24.5. The summed E-state index contributed by atoms with van der Waals surface area (Å²) in [6.07, 6.45) is 0. The first-order valence-corrected chi connectivity index (χ1v) is 10.4. The maximum Gasteiger partial charge on any atom is 0.251 e. The van der Waals surface area contributed by atoms with Crippen molar-refractivity contribution in [3.8, 4) is 0 Å². The van der Waals surface area contributed by atoms with E-state index < -0.39 is 0 Å². The van der Waals surface area contributed by atoms with E-state index >= 15 is 0 Å². The molecule has 31 heavy (non-hydrogen) atoms. The Morgan fingerprint density at radius 2 is 1.52 bits per heavy atom. The van der Waals surface area contributed by atoms with Gasteiger partial charge in [-0.3, -0.25) is 14.5 Å². The fourth-order valence-corrected chi connectivity index (χ4v) is 3.51. The van der Waals surface area contributed by atoms with E-state index in [9.17, 15) is 9.59 Å². The zero-order valence-corrected chi connectivity index (χ0v) is 18.4. The monoisotopic (exact) mass is 435 g/mol. The molecule has 6 heteroatoms. The van der Waals surface area contributed by atoms with Gasteiger partial charge in [0.2, 0.25) is 5.91 Å². The number of carbonyl (C=O) groups is 2. The Bertz CT molecular complexity index is 1010. The van der Waals surface area contributed by atoms with Gasteiger partial charge in [-0.1, -0.05) is 66.2 Å². The Labute approximate surface area is 188 Å². The minimum absolute atomic E-state index is 0.0757. The maximum atomic E-state index is 12.8. The van der Waals surface area contributed by atoms with E-state index in [-0.39, 0.29) is 24.4 Å². The number of rotatable bonds is 8. The van der Waals surface area contributed by atoms with Crippen molar-refractivity contribution >= 4 is 23.4 Å². The summed E-state index contributed by atoms with van der Waals surface area (Å²) in [5, 5.41) is 6.40. The molecule has 3 rings (SSSR count). The lowest BCUT2D eigenvalue weighted by atomic mass is 9.98. The lowest BCUT2D eigenvalue weighted by molar-refractivity contribution is -0.122. The molecular weight excluding hydrogens is 410 g/mol. The topological polar surface area (TPSA) is 61.4 Å². The summed E-state index contributed by atoms with van der Waals surface area (Å²) in [6.45, 7) is 0.840. The molecule has 0 aromatic heterocycles. The molecule has 0 saturated heterocycles. The molecule has 5 nitrogen and oxygen atoms in total. The third-order valence-electron chi connectivity index (χ3n) is 4.95. The summed E-state index contributed by atoms with van der Waals surface area (Å²) in [5.74, 6) is -0.193. The average Bonchev–Trinajstić information content (AvgIpc) is 2.78. The van der Waals surface area contributed by atoms with Gasteiger partial charge in [-0.05, 0) is 48.0 Å². The second-order valence-electron chi connectivity index (χ2n) is 7.41. The Morgan fingerprint density at radius 3 is 2.13 bits per heavy atom. The first kappa shape index (κ1) is 22.5. The molecule has 0 saturated carbocycles. The van der Waals surface area contributed by atoms with Crippen molar-refractivity contribution in [2.75, 3.05) is 20.6 Å². The smallest absolute Gasteiger partial charge is 0.251 e. The lowest BCUT2D eigenvalue weighted by Crippen LogP contribution is -2.37. The molecule has 0 aliphatic carbocycles. The van der Waals surface area contributed by atoms with Crippen molar-refractivity contribution in [2.24, 2.45) is 0 Å². The predicted molar refractivity (Wildman–Crippen MR) is 124 cm³/mol. The number of nitrogens with zero attached hydrogens (tertiary/aromatic N) is 1. The summed E-state index contributed by atoms with van der Waals surface area (Å²) in [7, 11) is 3.50. The highest BCUT2D eigenvalue weighted by Crippen LogP contribution is 2.23. The van der Waals surface area contributed by atoms with Crippen LogP contribution >= 0.6 is 11.6 Å². The molecule has 0 aliphatic heterocycles.